The Bertz CT molecular complexity index is 894. The molecular weight excluding hydrogens is 466 g/mol. The minimum Gasteiger partial charge on any atom is -0.444 e. The van der Waals surface area contributed by atoms with E-state index in [4.69, 9.17) is 4.74 Å². The first-order valence-electron chi connectivity index (χ1n) is 13.7. The number of amides is 3. The van der Waals surface area contributed by atoms with E-state index < -0.39 is 29.3 Å². The van der Waals surface area contributed by atoms with Crippen molar-refractivity contribution in [2.24, 2.45) is 5.92 Å². The van der Waals surface area contributed by atoms with Gasteiger partial charge in [0.15, 0.2) is 0 Å². The van der Waals surface area contributed by atoms with Crippen LogP contribution in [0, 0.1) is 19.8 Å². The Morgan fingerprint density at radius 1 is 0.973 bits per heavy atom. The van der Waals surface area contributed by atoms with E-state index in [1.807, 2.05) is 66.7 Å². The van der Waals surface area contributed by atoms with Gasteiger partial charge in [0, 0.05) is 12.1 Å². The molecule has 0 saturated heterocycles. The Labute approximate surface area is 225 Å². The largest absolute Gasteiger partial charge is 0.444 e. The molecule has 1 aromatic rings. The van der Waals surface area contributed by atoms with Crippen LogP contribution >= 0.6 is 0 Å². The molecule has 0 aliphatic carbocycles. The lowest BCUT2D eigenvalue weighted by molar-refractivity contribution is -0.144. The first-order chi connectivity index (χ1) is 17.0. The molecule has 0 aliphatic rings. The Morgan fingerprint density at radius 3 is 2.00 bits per heavy atom. The second-order valence-corrected chi connectivity index (χ2v) is 12.2. The number of ether oxygens (including phenoxy) is 1. The van der Waals surface area contributed by atoms with E-state index in [-0.39, 0.29) is 17.7 Å². The summed E-state index contributed by atoms with van der Waals surface area (Å²) in [7, 11) is 0. The molecule has 7 nitrogen and oxygen atoms in total. The monoisotopic (exact) mass is 517 g/mol. The number of rotatable bonds is 11. The van der Waals surface area contributed by atoms with Gasteiger partial charge in [-0.15, -0.1) is 0 Å². The quantitative estimate of drug-likeness (QED) is 0.341. The third-order valence-corrected chi connectivity index (χ3v) is 6.31. The maximum Gasteiger partial charge on any atom is 0.408 e. The summed E-state index contributed by atoms with van der Waals surface area (Å²) in [6.07, 6.45) is 2.71. The number of benzene rings is 1. The van der Waals surface area contributed by atoms with E-state index in [9.17, 15) is 14.4 Å². The molecule has 0 saturated carbocycles. The molecule has 2 N–H and O–H groups in total. The van der Waals surface area contributed by atoms with Gasteiger partial charge in [-0.1, -0.05) is 58.2 Å². The molecule has 0 bridgehead atoms. The molecule has 7 heteroatoms. The van der Waals surface area contributed by atoms with Crippen molar-refractivity contribution in [3.63, 3.8) is 0 Å². The first kappa shape index (κ1) is 32.5. The third-order valence-electron chi connectivity index (χ3n) is 6.31. The van der Waals surface area contributed by atoms with Crippen LogP contribution in [0.3, 0.4) is 0 Å². The highest BCUT2D eigenvalue weighted by molar-refractivity contribution is 5.93. The highest BCUT2D eigenvalue weighted by Crippen LogP contribution is 2.30. The normalized spacial score (nSPS) is 14.4. The average molecular weight is 518 g/mol. The molecule has 1 rings (SSSR count). The number of hydrogen-bond donors (Lipinski definition) is 2. The lowest BCUT2D eigenvalue weighted by Gasteiger charge is -2.38. The molecule has 37 heavy (non-hydrogen) atoms. The van der Waals surface area contributed by atoms with E-state index in [2.05, 4.69) is 17.6 Å². The van der Waals surface area contributed by atoms with Crippen LogP contribution in [0.25, 0.3) is 0 Å². The van der Waals surface area contributed by atoms with Gasteiger partial charge in [0.05, 0.1) is 0 Å². The van der Waals surface area contributed by atoms with E-state index in [0.29, 0.717) is 13.0 Å². The molecule has 0 aromatic heterocycles. The van der Waals surface area contributed by atoms with Crippen molar-refractivity contribution in [1.82, 2.24) is 15.5 Å². The van der Waals surface area contributed by atoms with Crippen LogP contribution < -0.4 is 10.6 Å². The molecule has 3 unspecified atom stereocenters. The predicted octanol–water partition coefficient (Wildman–Crippen LogP) is 6.22. The van der Waals surface area contributed by atoms with Crippen molar-refractivity contribution in [3.05, 3.63) is 34.9 Å². The molecule has 3 amide bonds. The maximum atomic E-state index is 14.3. The minimum absolute atomic E-state index is 0.155. The van der Waals surface area contributed by atoms with Crippen LogP contribution in [0.4, 0.5) is 4.79 Å². The summed E-state index contributed by atoms with van der Waals surface area (Å²) in [5.41, 5.74) is 1.55. The maximum absolute atomic E-state index is 14.3. The van der Waals surface area contributed by atoms with Gasteiger partial charge in [0.1, 0.15) is 17.7 Å². The lowest BCUT2D eigenvalue weighted by atomic mass is 9.91. The van der Waals surface area contributed by atoms with E-state index in [0.717, 1.165) is 36.0 Å². The number of carbonyl (C=O) groups excluding carboxylic acids is 3. The highest BCUT2D eigenvalue weighted by atomic mass is 16.6. The average Bonchev–Trinajstić information content (AvgIpc) is 2.75. The van der Waals surface area contributed by atoms with Gasteiger partial charge in [-0.25, -0.2) is 4.79 Å². The molecular formula is C30H51N3O4. The zero-order valence-corrected chi connectivity index (χ0v) is 25.1. The van der Waals surface area contributed by atoms with Crippen LogP contribution in [0.2, 0.25) is 0 Å². The Hall–Kier alpha value is -2.57. The number of nitrogens with one attached hydrogen (secondary N) is 2. The number of hydrogen-bond acceptors (Lipinski definition) is 4. The van der Waals surface area contributed by atoms with Crippen molar-refractivity contribution in [3.8, 4) is 0 Å². The van der Waals surface area contributed by atoms with Gasteiger partial charge < -0.3 is 20.3 Å². The first-order valence-corrected chi connectivity index (χ1v) is 13.7. The number of carbonyl (C=O) groups is 3. The van der Waals surface area contributed by atoms with Crippen LogP contribution in [0.1, 0.15) is 111 Å². The fourth-order valence-corrected chi connectivity index (χ4v) is 4.32. The van der Waals surface area contributed by atoms with Crippen LogP contribution in [-0.2, 0) is 14.3 Å². The van der Waals surface area contributed by atoms with Crippen LogP contribution in [-0.4, -0.2) is 46.5 Å². The van der Waals surface area contributed by atoms with Gasteiger partial charge in [-0.05, 0) is 84.4 Å². The van der Waals surface area contributed by atoms with E-state index in [1.165, 1.54) is 0 Å². The fraction of sp³-hybridized carbons (Fsp3) is 0.700. The van der Waals surface area contributed by atoms with Gasteiger partial charge in [0.25, 0.3) is 0 Å². The Morgan fingerprint density at radius 2 is 1.54 bits per heavy atom. The van der Waals surface area contributed by atoms with E-state index >= 15 is 0 Å². The van der Waals surface area contributed by atoms with Crippen molar-refractivity contribution < 1.29 is 19.1 Å². The SMILES string of the molecule is CCCCCN(C(=O)C(NC(=O)OC(C)(C)C)C(C)CC)C(C(=O)NC(C)(C)C)c1c(C)cccc1C. The standard InChI is InChI=1S/C30H51N3O4/c1-12-14-15-19-33(27(35)24(20(3)13-2)31-28(36)37-30(9,10)11)25(26(34)32-29(6,7)8)23-21(4)17-16-18-22(23)5/h16-18,20,24-25H,12-15,19H2,1-11H3,(H,31,36)(H,32,34). The molecule has 0 fully saturated rings. The number of aryl methyl sites for hydroxylation is 2. The Balaban J connectivity index is 3.66. The van der Waals surface area contributed by atoms with E-state index in [1.54, 1.807) is 25.7 Å². The molecule has 1 aromatic carbocycles. The zero-order chi connectivity index (χ0) is 28.6. The lowest BCUT2D eigenvalue weighted by Crippen LogP contribution is -2.56. The molecule has 0 radical (unpaired) electrons. The van der Waals surface area contributed by atoms with Gasteiger partial charge in [-0.3, -0.25) is 9.59 Å². The van der Waals surface area contributed by atoms with Crippen molar-refractivity contribution in [2.45, 2.75) is 125 Å². The summed E-state index contributed by atoms with van der Waals surface area (Å²) in [6, 6.07) is 4.26. The number of alkyl carbamates (subject to hydrolysis) is 1. The van der Waals surface area contributed by atoms with Crippen molar-refractivity contribution in [2.75, 3.05) is 6.54 Å². The summed E-state index contributed by atoms with van der Waals surface area (Å²) in [5, 5.41) is 5.94. The second kappa shape index (κ2) is 13.8. The molecule has 210 valence electrons. The number of nitrogens with zero attached hydrogens (tertiary/aromatic N) is 1. The predicted molar refractivity (Wildman–Crippen MR) is 150 cm³/mol. The van der Waals surface area contributed by atoms with Gasteiger partial charge in [-0.2, -0.15) is 0 Å². The third kappa shape index (κ3) is 10.4. The molecule has 0 heterocycles. The van der Waals surface area contributed by atoms with Crippen molar-refractivity contribution in [1.29, 1.82) is 0 Å². The summed E-state index contributed by atoms with van der Waals surface area (Å²) in [4.78, 5) is 42.7. The topological polar surface area (TPSA) is 87.7 Å². The van der Waals surface area contributed by atoms with Gasteiger partial charge >= 0.3 is 6.09 Å². The smallest absolute Gasteiger partial charge is 0.408 e. The summed E-state index contributed by atoms with van der Waals surface area (Å²) < 4.78 is 5.49. The zero-order valence-electron chi connectivity index (χ0n) is 25.1. The van der Waals surface area contributed by atoms with Gasteiger partial charge in [0.2, 0.25) is 11.8 Å². The molecule has 0 aliphatic heterocycles. The molecule has 3 atom stereocenters. The minimum atomic E-state index is -0.823. The number of unbranched alkanes of at least 4 members (excludes halogenated alkanes) is 2. The molecule has 0 spiro atoms. The summed E-state index contributed by atoms with van der Waals surface area (Å²) >= 11 is 0. The highest BCUT2D eigenvalue weighted by Gasteiger charge is 2.39. The fourth-order valence-electron chi connectivity index (χ4n) is 4.32. The van der Waals surface area contributed by atoms with Crippen LogP contribution in [0.15, 0.2) is 18.2 Å². The van der Waals surface area contributed by atoms with Crippen LogP contribution in [0.5, 0.6) is 0 Å². The summed E-state index contributed by atoms with van der Waals surface area (Å²) in [5.74, 6) is -0.652. The van der Waals surface area contributed by atoms with Crippen molar-refractivity contribution >= 4 is 17.9 Å². The second-order valence-electron chi connectivity index (χ2n) is 12.2. The Kier molecular flexibility index (Phi) is 12.1. The summed E-state index contributed by atoms with van der Waals surface area (Å²) in [6.45, 7) is 21.5.